The lowest BCUT2D eigenvalue weighted by molar-refractivity contribution is -0.142. The zero-order valence-electron chi connectivity index (χ0n) is 15.1. The van der Waals surface area contributed by atoms with Gasteiger partial charge in [0.1, 0.15) is 12.4 Å². The third kappa shape index (κ3) is 4.20. The summed E-state index contributed by atoms with van der Waals surface area (Å²) in [5.74, 6) is -0.0466. The number of aryl methyl sites for hydroxylation is 1. The van der Waals surface area contributed by atoms with Crippen LogP contribution in [-0.2, 0) is 20.9 Å². The van der Waals surface area contributed by atoms with Crippen molar-refractivity contribution in [2.45, 2.75) is 19.6 Å². The van der Waals surface area contributed by atoms with Gasteiger partial charge in [0.25, 0.3) is 0 Å². The van der Waals surface area contributed by atoms with Crippen molar-refractivity contribution < 1.29 is 19.4 Å². The molecule has 1 fully saturated rings. The molecule has 0 bridgehead atoms. The van der Waals surface area contributed by atoms with E-state index in [1.165, 1.54) is 0 Å². The number of nitrogens with zero attached hydrogens (tertiary/aromatic N) is 4. The Bertz CT molecular complexity index is 804. The molecule has 1 aliphatic rings. The number of fused-ring (bicyclic) bond motifs is 1. The maximum absolute atomic E-state index is 12.8. The van der Waals surface area contributed by atoms with Crippen LogP contribution >= 0.6 is 0 Å². The molecule has 8 heteroatoms. The molecule has 1 unspecified atom stereocenters. The molecule has 0 spiro atoms. The summed E-state index contributed by atoms with van der Waals surface area (Å²) >= 11 is 0. The number of benzene rings is 1. The third-order valence-electron chi connectivity index (χ3n) is 4.55. The fourth-order valence-electron chi connectivity index (χ4n) is 3.33. The minimum atomic E-state index is -0.876. The number of ether oxygens (including phenoxy) is 1. The van der Waals surface area contributed by atoms with Crippen molar-refractivity contribution in [2.75, 3.05) is 39.8 Å². The molecule has 140 valence electrons. The van der Waals surface area contributed by atoms with Crippen molar-refractivity contribution in [2.24, 2.45) is 0 Å². The van der Waals surface area contributed by atoms with E-state index in [0.29, 0.717) is 26.2 Å². The number of hydrogen-bond donors (Lipinski definition) is 1. The minimum Gasteiger partial charge on any atom is -0.480 e. The molecule has 1 aromatic heterocycles. The van der Waals surface area contributed by atoms with E-state index in [4.69, 9.17) is 9.84 Å². The molecule has 26 heavy (non-hydrogen) atoms. The maximum atomic E-state index is 12.8. The quantitative estimate of drug-likeness (QED) is 0.811. The molecular formula is C18H24N4O4. The van der Waals surface area contributed by atoms with Gasteiger partial charge in [0.15, 0.2) is 0 Å². The molecule has 2 aromatic rings. The first-order valence-electron chi connectivity index (χ1n) is 8.65. The molecule has 1 aliphatic heterocycles. The number of morpholine rings is 1. The van der Waals surface area contributed by atoms with E-state index in [0.717, 1.165) is 16.9 Å². The van der Waals surface area contributed by atoms with Crippen LogP contribution in [0.1, 0.15) is 5.82 Å². The largest absolute Gasteiger partial charge is 0.480 e. The summed E-state index contributed by atoms with van der Waals surface area (Å²) in [6.07, 6.45) is -0.183. The van der Waals surface area contributed by atoms with Crippen LogP contribution < -0.4 is 0 Å². The highest BCUT2D eigenvalue weighted by Gasteiger charge is 2.26. The highest BCUT2D eigenvalue weighted by Crippen LogP contribution is 2.16. The Labute approximate surface area is 152 Å². The summed E-state index contributed by atoms with van der Waals surface area (Å²) < 4.78 is 7.62. The van der Waals surface area contributed by atoms with Crippen molar-refractivity contribution in [3.05, 3.63) is 30.1 Å². The monoisotopic (exact) mass is 360 g/mol. The number of hydrogen-bond acceptors (Lipinski definition) is 5. The maximum Gasteiger partial charge on any atom is 0.317 e. The molecule has 1 atom stereocenters. The average Bonchev–Trinajstić information content (AvgIpc) is 2.90. The van der Waals surface area contributed by atoms with Crippen LogP contribution in [0.2, 0.25) is 0 Å². The molecule has 1 N–H and O–H groups in total. The lowest BCUT2D eigenvalue weighted by Gasteiger charge is -2.34. The van der Waals surface area contributed by atoms with E-state index < -0.39 is 5.97 Å². The first kappa shape index (κ1) is 18.3. The number of rotatable bonds is 6. The van der Waals surface area contributed by atoms with Crippen LogP contribution in [0.15, 0.2) is 24.3 Å². The number of aromatic nitrogens is 2. The van der Waals surface area contributed by atoms with E-state index in [-0.39, 0.29) is 25.1 Å². The standard InChI is InChI=1S/C18H24N4O4/c1-13-19-15-5-3-4-6-16(15)22(13)11-17(23)21-7-8-26-14(10-21)9-20(2)12-18(24)25/h3-6,14H,7-12H2,1-2H3,(H,24,25). The number of likely N-dealkylation sites (N-methyl/N-ethyl adjacent to an activating group) is 1. The van der Waals surface area contributed by atoms with Crippen LogP contribution in [0.4, 0.5) is 0 Å². The zero-order chi connectivity index (χ0) is 18.7. The molecule has 1 aromatic carbocycles. The average molecular weight is 360 g/mol. The van der Waals surface area contributed by atoms with Crippen LogP contribution in [0, 0.1) is 6.92 Å². The van der Waals surface area contributed by atoms with Gasteiger partial charge in [-0.2, -0.15) is 0 Å². The second-order valence-corrected chi connectivity index (χ2v) is 6.66. The van der Waals surface area contributed by atoms with Crippen LogP contribution in [0.5, 0.6) is 0 Å². The Hall–Kier alpha value is -2.45. The van der Waals surface area contributed by atoms with Crippen molar-refractivity contribution >= 4 is 22.9 Å². The number of aliphatic carboxylic acids is 1. The first-order valence-corrected chi connectivity index (χ1v) is 8.65. The summed E-state index contributed by atoms with van der Waals surface area (Å²) in [6.45, 7) is 4.04. The highest BCUT2D eigenvalue weighted by molar-refractivity contribution is 5.81. The predicted octanol–water partition coefficient (Wildman–Crippen LogP) is 0.589. The summed E-state index contributed by atoms with van der Waals surface area (Å²) in [4.78, 5) is 31.5. The van der Waals surface area contributed by atoms with Gasteiger partial charge in [0, 0.05) is 19.6 Å². The number of para-hydroxylation sites is 2. The summed E-state index contributed by atoms with van der Waals surface area (Å²) in [7, 11) is 1.74. The van der Waals surface area contributed by atoms with Gasteiger partial charge in [-0.15, -0.1) is 0 Å². The van der Waals surface area contributed by atoms with Gasteiger partial charge < -0.3 is 19.3 Å². The summed E-state index contributed by atoms with van der Waals surface area (Å²) in [6, 6.07) is 7.77. The molecule has 0 saturated carbocycles. The molecular weight excluding hydrogens is 336 g/mol. The fourth-order valence-corrected chi connectivity index (χ4v) is 3.33. The summed E-state index contributed by atoms with van der Waals surface area (Å²) in [5.41, 5.74) is 1.83. The Kier molecular flexibility index (Phi) is 5.53. The number of carbonyl (C=O) groups excluding carboxylic acids is 1. The smallest absolute Gasteiger partial charge is 0.317 e. The van der Waals surface area contributed by atoms with E-state index in [9.17, 15) is 9.59 Å². The Morgan fingerprint density at radius 1 is 1.38 bits per heavy atom. The molecule has 0 aliphatic carbocycles. The van der Waals surface area contributed by atoms with Crippen molar-refractivity contribution in [1.82, 2.24) is 19.4 Å². The second-order valence-electron chi connectivity index (χ2n) is 6.66. The first-order chi connectivity index (χ1) is 12.4. The van der Waals surface area contributed by atoms with Gasteiger partial charge in [-0.05, 0) is 26.1 Å². The number of imidazole rings is 1. The Morgan fingerprint density at radius 3 is 2.92 bits per heavy atom. The van der Waals surface area contributed by atoms with Gasteiger partial charge in [-0.25, -0.2) is 4.98 Å². The van der Waals surface area contributed by atoms with E-state index in [1.54, 1.807) is 16.8 Å². The van der Waals surface area contributed by atoms with Gasteiger partial charge >= 0.3 is 5.97 Å². The van der Waals surface area contributed by atoms with Crippen LogP contribution in [0.25, 0.3) is 11.0 Å². The normalized spacial score (nSPS) is 17.8. The number of carbonyl (C=O) groups is 2. The molecule has 8 nitrogen and oxygen atoms in total. The van der Waals surface area contributed by atoms with Crippen LogP contribution in [-0.4, -0.2) is 82.3 Å². The number of amides is 1. The van der Waals surface area contributed by atoms with Crippen molar-refractivity contribution in [1.29, 1.82) is 0 Å². The SMILES string of the molecule is Cc1nc2ccccc2n1CC(=O)N1CCOC(CN(C)CC(=O)O)C1. The van der Waals surface area contributed by atoms with Gasteiger partial charge in [0.2, 0.25) is 5.91 Å². The Morgan fingerprint density at radius 2 is 2.15 bits per heavy atom. The van der Waals surface area contributed by atoms with Crippen molar-refractivity contribution in [3.8, 4) is 0 Å². The molecule has 2 heterocycles. The molecule has 1 saturated heterocycles. The summed E-state index contributed by atoms with van der Waals surface area (Å²) in [5, 5.41) is 8.85. The van der Waals surface area contributed by atoms with Gasteiger partial charge in [0.05, 0.1) is 30.3 Å². The van der Waals surface area contributed by atoms with Gasteiger partial charge in [-0.1, -0.05) is 12.1 Å². The topological polar surface area (TPSA) is 87.9 Å². The fraction of sp³-hybridized carbons (Fsp3) is 0.500. The van der Waals surface area contributed by atoms with Gasteiger partial charge in [-0.3, -0.25) is 14.5 Å². The molecule has 1 amide bonds. The van der Waals surface area contributed by atoms with E-state index in [1.807, 2.05) is 35.8 Å². The predicted molar refractivity (Wildman–Crippen MR) is 95.9 cm³/mol. The highest BCUT2D eigenvalue weighted by atomic mass is 16.5. The van der Waals surface area contributed by atoms with E-state index >= 15 is 0 Å². The van der Waals surface area contributed by atoms with E-state index in [2.05, 4.69) is 4.98 Å². The van der Waals surface area contributed by atoms with Crippen LogP contribution in [0.3, 0.4) is 0 Å². The lowest BCUT2D eigenvalue weighted by Crippen LogP contribution is -2.50. The zero-order valence-corrected chi connectivity index (χ0v) is 15.1. The Balaban J connectivity index is 1.64. The number of carboxylic acid groups (broad SMARTS) is 1. The lowest BCUT2D eigenvalue weighted by atomic mass is 10.2. The molecule has 3 rings (SSSR count). The number of carboxylic acids is 1. The second kappa shape index (κ2) is 7.84. The minimum absolute atomic E-state index is 0.0189. The van der Waals surface area contributed by atoms with Crippen molar-refractivity contribution in [3.63, 3.8) is 0 Å². The third-order valence-corrected chi connectivity index (χ3v) is 4.55. The molecule has 0 radical (unpaired) electrons.